The molecule has 0 radical (unpaired) electrons. The Kier molecular flexibility index (Phi) is 4.59. The van der Waals surface area contributed by atoms with E-state index < -0.39 is 11.9 Å². The van der Waals surface area contributed by atoms with Crippen molar-refractivity contribution in [1.82, 2.24) is 4.98 Å². The van der Waals surface area contributed by atoms with E-state index in [0.717, 1.165) is 22.3 Å². The average molecular weight is 358 g/mol. The first-order valence-corrected chi connectivity index (χ1v) is 8.66. The standard InChI is InChI=1S/C18H18N2O4S/c1-9(2)23-17(22)15-11(4)19-18(25-15)20-16(21)14-10(3)12-7-5-6-8-13(12)24-14/h5-9H,1-4H3,(H,19,20,21). The number of ether oxygens (including phenoxy) is 1. The van der Waals surface area contributed by atoms with Gasteiger partial charge in [0, 0.05) is 10.9 Å². The number of amides is 1. The first-order valence-electron chi connectivity index (χ1n) is 7.84. The van der Waals surface area contributed by atoms with Crippen LogP contribution in [-0.4, -0.2) is 23.0 Å². The van der Waals surface area contributed by atoms with E-state index in [1.54, 1.807) is 20.8 Å². The molecule has 0 bridgehead atoms. The van der Waals surface area contributed by atoms with Gasteiger partial charge in [-0.1, -0.05) is 29.5 Å². The van der Waals surface area contributed by atoms with Crippen LogP contribution in [0.2, 0.25) is 0 Å². The molecule has 25 heavy (non-hydrogen) atoms. The molecule has 7 heteroatoms. The van der Waals surface area contributed by atoms with Gasteiger partial charge in [-0.3, -0.25) is 10.1 Å². The van der Waals surface area contributed by atoms with Crippen LogP contribution in [0.15, 0.2) is 28.7 Å². The number of esters is 1. The monoisotopic (exact) mass is 358 g/mol. The van der Waals surface area contributed by atoms with E-state index in [0.29, 0.717) is 21.3 Å². The Morgan fingerprint density at radius 1 is 1.24 bits per heavy atom. The van der Waals surface area contributed by atoms with E-state index in [-0.39, 0.29) is 11.9 Å². The molecule has 3 rings (SSSR count). The first kappa shape index (κ1) is 17.2. The lowest BCUT2D eigenvalue weighted by Crippen LogP contribution is -2.11. The summed E-state index contributed by atoms with van der Waals surface area (Å²) in [7, 11) is 0. The highest BCUT2D eigenvalue weighted by atomic mass is 32.1. The quantitative estimate of drug-likeness (QED) is 0.702. The molecule has 2 aromatic heterocycles. The Morgan fingerprint density at radius 2 is 1.96 bits per heavy atom. The van der Waals surface area contributed by atoms with Gasteiger partial charge >= 0.3 is 5.97 Å². The Balaban J connectivity index is 1.83. The van der Waals surface area contributed by atoms with Gasteiger partial charge < -0.3 is 9.15 Å². The summed E-state index contributed by atoms with van der Waals surface area (Å²) in [6.07, 6.45) is -0.217. The molecule has 0 saturated heterocycles. The summed E-state index contributed by atoms with van der Waals surface area (Å²) in [6.45, 7) is 7.09. The molecule has 1 N–H and O–H groups in total. The minimum absolute atomic E-state index is 0.217. The fourth-order valence-electron chi connectivity index (χ4n) is 2.45. The van der Waals surface area contributed by atoms with Gasteiger partial charge in [0.15, 0.2) is 10.9 Å². The number of benzene rings is 1. The van der Waals surface area contributed by atoms with Crippen molar-refractivity contribution < 1.29 is 18.7 Å². The fourth-order valence-corrected chi connectivity index (χ4v) is 3.30. The second-order valence-electron chi connectivity index (χ2n) is 5.89. The lowest BCUT2D eigenvalue weighted by atomic mass is 10.1. The average Bonchev–Trinajstić information content (AvgIpc) is 3.07. The van der Waals surface area contributed by atoms with Crippen molar-refractivity contribution in [3.63, 3.8) is 0 Å². The summed E-state index contributed by atoms with van der Waals surface area (Å²) in [5, 5.41) is 3.92. The highest BCUT2D eigenvalue weighted by Crippen LogP contribution is 2.28. The third kappa shape index (κ3) is 3.41. The van der Waals surface area contributed by atoms with Gasteiger partial charge in [-0.25, -0.2) is 9.78 Å². The van der Waals surface area contributed by atoms with Gasteiger partial charge in [-0.05, 0) is 33.8 Å². The summed E-state index contributed by atoms with van der Waals surface area (Å²) in [5.41, 5.74) is 1.94. The fraction of sp³-hybridized carbons (Fsp3) is 0.278. The number of carbonyl (C=O) groups excluding carboxylic acids is 2. The van der Waals surface area contributed by atoms with Crippen LogP contribution in [0.25, 0.3) is 11.0 Å². The number of aromatic nitrogens is 1. The number of rotatable bonds is 4. The number of thiazole rings is 1. The van der Waals surface area contributed by atoms with E-state index in [2.05, 4.69) is 10.3 Å². The number of aryl methyl sites for hydroxylation is 2. The first-order chi connectivity index (χ1) is 11.9. The smallest absolute Gasteiger partial charge is 0.350 e. The summed E-state index contributed by atoms with van der Waals surface area (Å²) in [5.74, 6) is -0.600. The van der Waals surface area contributed by atoms with E-state index >= 15 is 0 Å². The Labute approximate surface area is 148 Å². The normalized spacial score (nSPS) is 11.1. The Hall–Kier alpha value is -2.67. The van der Waals surface area contributed by atoms with Crippen LogP contribution in [-0.2, 0) is 4.74 Å². The van der Waals surface area contributed by atoms with Crippen LogP contribution in [0.3, 0.4) is 0 Å². The summed E-state index contributed by atoms with van der Waals surface area (Å²) in [4.78, 5) is 29.2. The molecule has 0 spiro atoms. The van der Waals surface area contributed by atoms with Gasteiger partial charge in [0.05, 0.1) is 11.8 Å². The maximum absolute atomic E-state index is 12.5. The van der Waals surface area contributed by atoms with E-state index in [1.807, 2.05) is 31.2 Å². The molecule has 0 aliphatic carbocycles. The number of fused-ring (bicyclic) bond motifs is 1. The molecule has 2 heterocycles. The summed E-state index contributed by atoms with van der Waals surface area (Å²) >= 11 is 1.09. The molecule has 0 fully saturated rings. The molecule has 0 aliphatic heterocycles. The van der Waals surface area contributed by atoms with Gasteiger partial charge in [0.2, 0.25) is 0 Å². The van der Waals surface area contributed by atoms with Crippen LogP contribution in [0.5, 0.6) is 0 Å². The minimum Gasteiger partial charge on any atom is -0.459 e. The van der Waals surface area contributed by atoms with Gasteiger partial charge in [0.25, 0.3) is 5.91 Å². The number of carbonyl (C=O) groups is 2. The second kappa shape index (κ2) is 6.68. The highest BCUT2D eigenvalue weighted by Gasteiger charge is 2.22. The molecule has 1 amide bonds. The predicted molar refractivity (Wildman–Crippen MR) is 96.3 cm³/mol. The van der Waals surface area contributed by atoms with Crippen molar-refractivity contribution in [2.75, 3.05) is 5.32 Å². The Bertz CT molecular complexity index is 955. The number of anilines is 1. The molecule has 1 aromatic carbocycles. The minimum atomic E-state index is -0.439. The van der Waals surface area contributed by atoms with Crippen LogP contribution >= 0.6 is 11.3 Å². The van der Waals surface area contributed by atoms with Crippen LogP contribution in [0.1, 0.15) is 45.3 Å². The molecule has 0 aliphatic rings. The zero-order valence-electron chi connectivity index (χ0n) is 14.4. The molecular formula is C18H18N2O4S. The summed E-state index contributed by atoms with van der Waals surface area (Å²) < 4.78 is 10.8. The van der Waals surface area contributed by atoms with Crippen LogP contribution in [0, 0.1) is 13.8 Å². The molecule has 0 unspecified atom stereocenters. The molecule has 0 saturated carbocycles. The van der Waals surface area contributed by atoms with E-state index in [9.17, 15) is 9.59 Å². The van der Waals surface area contributed by atoms with Gasteiger partial charge in [-0.15, -0.1) is 0 Å². The highest BCUT2D eigenvalue weighted by molar-refractivity contribution is 7.17. The molecule has 3 aromatic rings. The third-order valence-corrected chi connectivity index (χ3v) is 4.65. The lowest BCUT2D eigenvalue weighted by molar-refractivity contribution is 0.0382. The number of nitrogens with zero attached hydrogens (tertiary/aromatic N) is 1. The van der Waals surface area contributed by atoms with Crippen molar-refractivity contribution >= 4 is 39.3 Å². The topological polar surface area (TPSA) is 81.4 Å². The third-order valence-electron chi connectivity index (χ3n) is 3.60. The second-order valence-corrected chi connectivity index (χ2v) is 6.89. The largest absolute Gasteiger partial charge is 0.459 e. The number of hydrogen-bond donors (Lipinski definition) is 1. The zero-order valence-corrected chi connectivity index (χ0v) is 15.2. The number of hydrogen-bond acceptors (Lipinski definition) is 6. The SMILES string of the molecule is Cc1nc(NC(=O)c2oc3ccccc3c2C)sc1C(=O)OC(C)C. The molecule has 6 nitrogen and oxygen atoms in total. The van der Waals surface area contributed by atoms with E-state index in [4.69, 9.17) is 9.15 Å². The van der Waals surface area contributed by atoms with Crippen LogP contribution in [0.4, 0.5) is 5.13 Å². The van der Waals surface area contributed by atoms with Gasteiger partial charge in [-0.2, -0.15) is 0 Å². The van der Waals surface area contributed by atoms with Gasteiger partial charge in [0.1, 0.15) is 10.5 Å². The predicted octanol–water partition coefficient (Wildman–Crippen LogP) is 4.32. The van der Waals surface area contributed by atoms with Crippen molar-refractivity contribution in [2.24, 2.45) is 0 Å². The zero-order chi connectivity index (χ0) is 18.1. The van der Waals surface area contributed by atoms with Crippen molar-refractivity contribution in [3.8, 4) is 0 Å². The maximum atomic E-state index is 12.5. The number of nitrogens with one attached hydrogen (secondary N) is 1. The number of furan rings is 1. The van der Waals surface area contributed by atoms with Crippen molar-refractivity contribution in [3.05, 3.63) is 46.2 Å². The Morgan fingerprint density at radius 3 is 2.64 bits per heavy atom. The molecule has 130 valence electrons. The van der Waals surface area contributed by atoms with Crippen LogP contribution < -0.4 is 5.32 Å². The van der Waals surface area contributed by atoms with Crippen molar-refractivity contribution in [1.29, 1.82) is 0 Å². The van der Waals surface area contributed by atoms with E-state index in [1.165, 1.54) is 0 Å². The maximum Gasteiger partial charge on any atom is 0.350 e. The lowest BCUT2D eigenvalue weighted by Gasteiger charge is -2.05. The molecular weight excluding hydrogens is 340 g/mol. The van der Waals surface area contributed by atoms with Crippen molar-refractivity contribution in [2.45, 2.75) is 33.8 Å². The number of para-hydroxylation sites is 1. The molecule has 0 atom stereocenters. The summed E-state index contributed by atoms with van der Waals surface area (Å²) in [6, 6.07) is 7.46.